The summed E-state index contributed by atoms with van der Waals surface area (Å²) in [7, 11) is 3.20. The SMILES string of the molecule is CC.COc1cc(OCc2cccc(OCc3ccc(C)cc3)c2)c2cc(-c3cn4nc(OC)sc4n3)oc2c1. The highest BCUT2D eigenvalue weighted by molar-refractivity contribution is 7.18. The van der Waals surface area contributed by atoms with Crippen LogP contribution in [0.25, 0.3) is 27.4 Å². The molecule has 9 heteroatoms. The first-order valence-corrected chi connectivity index (χ1v) is 13.8. The number of hydrogen-bond acceptors (Lipinski definition) is 8. The van der Waals surface area contributed by atoms with Gasteiger partial charge in [0.15, 0.2) is 5.76 Å². The Morgan fingerprint density at radius 1 is 0.850 bits per heavy atom. The molecule has 3 aromatic carbocycles. The van der Waals surface area contributed by atoms with Gasteiger partial charge in [-0.25, -0.2) is 9.50 Å². The van der Waals surface area contributed by atoms with Crippen LogP contribution in [0, 0.1) is 6.92 Å². The van der Waals surface area contributed by atoms with Crippen LogP contribution >= 0.6 is 11.3 Å². The molecule has 0 saturated carbocycles. The van der Waals surface area contributed by atoms with Gasteiger partial charge in [0.25, 0.3) is 5.19 Å². The molecule has 8 nitrogen and oxygen atoms in total. The third kappa shape index (κ3) is 5.89. The predicted octanol–water partition coefficient (Wildman–Crippen LogP) is 7.71. The maximum Gasteiger partial charge on any atom is 0.294 e. The minimum Gasteiger partial charge on any atom is -0.496 e. The molecular weight excluding hydrogens is 526 g/mol. The highest BCUT2D eigenvalue weighted by Crippen LogP contribution is 2.37. The van der Waals surface area contributed by atoms with Gasteiger partial charge in [-0.3, -0.25) is 0 Å². The second-order valence-electron chi connectivity index (χ2n) is 8.78. The van der Waals surface area contributed by atoms with Crippen molar-refractivity contribution in [3.63, 3.8) is 0 Å². The van der Waals surface area contributed by atoms with Crippen LogP contribution in [0.2, 0.25) is 0 Å². The van der Waals surface area contributed by atoms with Gasteiger partial charge in [0, 0.05) is 12.1 Å². The number of furan rings is 1. The molecule has 0 bridgehead atoms. The Balaban J connectivity index is 0.00000158. The summed E-state index contributed by atoms with van der Waals surface area (Å²) >= 11 is 1.36. The van der Waals surface area contributed by atoms with Gasteiger partial charge >= 0.3 is 0 Å². The summed E-state index contributed by atoms with van der Waals surface area (Å²) in [5.74, 6) is 2.70. The molecule has 0 atom stereocenters. The minimum absolute atomic E-state index is 0.356. The molecule has 0 aliphatic rings. The topological polar surface area (TPSA) is 80.2 Å². The van der Waals surface area contributed by atoms with E-state index in [-0.39, 0.29) is 0 Å². The summed E-state index contributed by atoms with van der Waals surface area (Å²) in [6.45, 7) is 6.94. The van der Waals surface area contributed by atoms with Crippen molar-refractivity contribution in [2.75, 3.05) is 14.2 Å². The van der Waals surface area contributed by atoms with Crippen molar-refractivity contribution in [3.05, 3.63) is 89.6 Å². The molecule has 0 spiro atoms. The first-order valence-electron chi connectivity index (χ1n) is 13.0. The van der Waals surface area contributed by atoms with E-state index >= 15 is 0 Å². The Hall–Kier alpha value is -4.50. The van der Waals surface area contributed by atoms with E-state index in [2.05, 4.69) is 41.3 Å². The molecule has 0 aliphatic heterocycles. The fourth-order valence-corrected chi connectivity index (χ4v) is 4.77. The molecule has 6 rings (SSSR count). The molecule has 40 heavy (non-hydrogen) atoms. The number of aryl methyl sites for hydroxylation is 1. The Morgan fingerprint density at radius 3 is 2.40 bits per heavy atom. The number of benzene rings is 3. The Labute approximate surface area is 236 Å². The van der Waals surface area contributed by atoms with Gasteiger partial charge in [0.1, 0.15) is 41.7 Å². The van der Waals surface area contributed by atoms with E-state index in [1.54, 1.807) is 18.7 Å². The predicted molar refractivity (Wildman–Crippen MR) is 157 cm³/mol. The first kappa shape index (κ1) is 27.1. The normalized spacial score (nSPS) is 10.8. The number of fused-ring (bicyclic) bond motifs is 2. The molecular formula is C31H31N3O5S. The second-order valence-corrected chi connectivity index (χ2v) is 9.70. The lowest BCUT2D eigenvalue weighted by molar-refractivity contribution is 0.296. The van der Waals surface area contributed by atoms with Crippen molar-refractivity contribution >= 4 is 27.3 Å². The van der Waals surface area contributed by atoms with Crippen molar-refractivity contribution in [3.8, 4) is 33.9 Å². The molecule has 0 unspecified atom stereocenters. The molecule has 3 heterocycles. The van der Waals surface area contributed by atoms with Crippen LogP contribution in [0.4, 0.5) is 0 Å². The summed E-state index contributed by atoms with van der Waals surface area (Å²) in [5.41, 5.74) is 4.66. The van der Waals surface area contributed by atoms with Gasteiger partial charge in [-0.1, -0.05) is 55.8 Å². The Kier molecular flexibility index (Phi) is 8.21. The Morgan fingerprint density at radius 2 is 1.65 bits per heavy atom. The van der Waals surface area contributed by atoms with E-state index in [9.17, 15) is 0 Å². The number of nitrogens with zero attached hydrogens (tertiary/aromatic N) is 3. The highest BCUT2D eigenvalue weighted by atomic mass is 32.1. The molecule has 3 aromatic heterocycles. The number of imidazole rings is 1. The van der Waals surface area contributed by atoms with Crippen LogP contribution in [-0.4, -0.2) is 28.8 Å². The maximum atomic E-state index is 6.25. The number of ether oxygens (including phenoxy) is 4. The third-order valence-corrected chi connectivity index (χ3v) is 6.96. The van der Waals surface area contributed by atoms with Gasteiger partial charge in [-0.2, -0.15) is 0 Å². The first-order chi connectivity index (χ1) is 19.6. The lowest BCUT2D eigenvalue weighted by atomic mass is 10.2. The Bertz CT molecular complexity index is 1690. The summed E-state index contributed by atoms with van der Waals surface area (Å²) in [5, 5.41) is 5.71. The zero-order valence-electron chi connectivity index (χ0n) is 23.1. The smallest absolute Gasteiger partial charge is 0.294 e. The largest absolute Gasteiger partial charge is 0.496 e. The van der Waals surface area contributed by atoms with E-state index in [0.29, 0.717) is 46.9 Å². The van der Waals surface area contributed by atoms with Gasteiger partial charge in [0.2, 0.25) is 4.96 Å². The van der Waals surface area contributed by atoms with Crippen LogP contribution in [0.3, 0.4) is 0 Å². The number of rotatable bonds is 9. The fraction of sp³-hybridized carbons (Fsp3) is 0.226. The molecule has 0 fully saturated rings. The average Bonchev–Trinajstić information content (AvgIpc) is 3.70. The maximum absolute atomic E-state index is 6.25. The third-order valence-electron chi connectivity index (χ3n) is 6.08. The van der Waals surface area contributed by atoms with E-state index < -0.39 is 0 Å². The molecule has 0 saturated heterocycles. The van der Waals surface area contributed by atoms with Crippen LogP contribution in [0.15, 0.2) is 77.3 Å². The molecule has 0 amide bonds. The summed E-state index contributed by atoms with van der Waals surface area (Å²) in [4.78, 5) is 5.34. The quantitative estimate of drug-likeness (QED) is 0.180. The lowest BCUT2D eigenvalue weighted by Crippen LogP contribution is -1.99. The average molecular weight is 558 g/mol. The van der Waals surface area contributed by atoms with E-state index in [1.807, 2.05) is 62.5 Å². The monoisotopic (exact) mass is 557 g/mol. The lowest BCUT2D eigenvalue weighted by Gasteiger charge is -2.11. The zero-order valence-corrected chi connectivity index (χ0v) is 24.0. The molecule has 6 aromatic rings. The summed E-state index contributed by atoms with van der Waals surface area (Å²) in [6, 6.07) is 21.9. The number of hydrogen-bond donors (Lipinski definition) is 0. The van der Waals surface area contributed by atoms with Crippen molar-refractivity contribution in [1.29, 1.82) is 0 Å². The van der Waals surface area contributed by atoms with Crippen LogP contribution in [-0.2, 0) is 13.2 Å². The van der Waals surface area contributed by atoms with E-state index in [4.69, 9.17) is 23.4 Å². The van der Waals surface area contributed by atoms with Crippen LogP contribution in [0.1, 0.15) is 30.5 Å². The van der Waals surface area contributed by atoms with Gasteiger partial charge in [-0.15, -0.1) is 5.10 Å². The van der Waals surface area contributed by atoms with Crippen molar-refractivity contribution in [2.45, 2.75) is 34.0 Å². The van der Waals surface area contributed by atoms with Crippen LogP contribution < -0.4 is 18.9 Å². The molecule has 0 radical (unpaired) electrons. The van der Waals surface area contributed by atoms with E-state index in [1.165, 1.54) is 16.9 Å². The molecule has 206 valence electrons. The van der Waals surface area contributed by atoms with Gasteiger partial charge < -0.3 is 23.4 Å². The molecule has 0 N–H and O–H groups in total. The zero-order chi connectivity index (χ0) is 28.1. The summed E-state index contributed by atoms with van der Waals surface area (Å²) in [6.07, 6.45) is 1.81. The minimum atomic E-state index is 0.356. The van der Waals surface area contributed by atoms with Crippen molar-refractivity contribution < 1.29 is 23.4 Å². The fourth-order valence-electron chi connectivity index (χ4n) is 4.07. The summed E-state index contributed by atoms with van der Waals surface area (Å²) < 4.78 is 30.7. The van der Waals surface area contributed by atoms with Crippen molar-refractivity contribution in [2.24, 2.45) is 0 Å². The van der Waals surface area contributed by atoms with Crippen molar-refractivity contribution in [1.82, 2.24) is 14.6 Å². The van der Waals surface area contributed by atoms with E-state index in [0.717, 1.165) is 27.2 Å². The number of aromatic nitrogens is 3. The standard InChI is InChI=1S/C29H25N3O5S.C2H6/c1-18-7-9-19(10-8-18)16-35-21-6-4-5-20(11-21)17-36-25-12-22(33-2)13-26-23(25)14-27(37-26)24-15-32-28(30-24)38-29(31-32)34-3;1-2/h4-15H,16-17H2,1-3H3;1-2H3. The molecule has 0 aliphatic carbocycles. The number of methoxy groups -OCH3 is 2. The van der Waals surface area contributed by atoms with Gasteiger partial charge in [-0.05, 0) is 47.6 Å². The van der Waals surface area contributed by atoms with Crippen LogP contribution in [0.5, 0.6) is 22.4 Å². The van der Waals surface area contributed by atoms with Gasteiger partial charge in [0.05, 0.1) is 25.8 Å². The second kappa shape index (κ2) is 12.1. The highest BCUT2D eigenvalue weighted by Gasteiger charge is 2.17.